The zero-order chi connectivity index (χ0) is 13.5. The highest BCUT2D eigenvalue weighted by Gasteiger charge is 2.14. The molecule has 1 amide bonds. The van der Waals surface area contributed by atoms with Crippen molar-refractivity contribution in [3.05, 3.63) is 29.6 Å². The average molecular weight is 271 g/mol. The van der Waals surface area contributed by atoms with Crippen LogP contribution in [0.4, 0.5) is 4.39 Å². The lowest BCUT2D eigenvalue weighted by atomic mass is 10.2. The van der Waals surface area contributed by atoms with E-state index < -0.39 is 5.82 Å². The minimum Gasteiger partial charge on any atom is -0.380 e. The van der Waals surface area contributed by atoms with Crippen LogP contribution in [0.1, 0.15) is 24.2 Å². The number of hydrogen-bond acceptors (Lipinski definition) is 3. The van der Waals surface area contributed by atoms with Crippen LogP contribution in [0.15, 0.2) is 23.1 Å². The van der Waals surface area contributed by atoms with E-state index in [-0.39, 0.29) is 10.8 Å². The molecule has 0 saturated heterocycles. The lowest BCUT2D eigenvalue weighted by Gasteiger charge is -2.20. The summed E-state index contributed by atoms with van der Waals surface area (Å²) < 4.78 is 18.3. The maximum Gasteiger partial charge on any atom is 0.253 e. The van der Waals surface area contributed by atoms with Gasteiger partial charge in [-0.1, -0.05) is 0 Å². The SMILES string of the molecule is CCOCCN(CC)C(=O)c1ccc(F)c(S)c1. The Morgan fingerprint density at radius 1 is 1.44 bits per heavy atom. The van der Waals surface area contributed by atoms with Crippen molar-refractivity contribution < 1.29 is 13.9 Å². The van der Waals surface area contributed by atoms with Crippen molar-refractivity contribution in [3.63, 3.8) is 0 Å². The molecule has 1 rings (SSSR count). The van der Waals surface area contributed by atoms with E-state index in [4.69, 9.17) is 4.74 Å². The van der Waals surface area contributed by atoms with Crippen molar-refractivity contribution in [3.8, 4) is 0 Å². The molecule has 0 saturated carbocycles. The lowest BCUT2D eigenvalue weighted by Crippen LogP contribution is -2.33. The van der Waals surface area contributed by atoms with Crippen LogP contribution in [-0.4, -0.2) is 37.1 Å². The topological polar surface area (TPSA) is 29.5 Å². The third-order valence-electron chi connectivity index (χ3n) is 2.57. The zero-order valence-electron chi connectivity index (χ0n) is 10.6. The molecule has 0 heterocycles. The van der Waals surface area contributed by atoms with Crippen LogP contribution in [0.2, 0.25) is 0 Å². The first kappa shape index (κ1) is 15.0. The Balaban J connectivity index is 2.73. The van der Waals surface area contributed by atoms with E-state index in [0.29, 0.717) is 31.9 Å². The van der Waals surface area contributed by atoms with Crippen molar-refractivity contribution in [2.45, 2.75) is 18.7 Å². The molecule has 0 unspecified atom stereocenters. The molecule has 0 fully saturated rings. The van der Waals surface area contributed by atoms with Crippen LogP contribution in [0.5, 0.6) is 0 Å². The Bertz CT molecular complexity index is 412. The molecule has 1 aromatic carbocycles. The van der Waals surface area contributed by atoms with Crippen molar-refractivity contribution in [2.24, 2.45) is 0 Å². The number of hydrogen-bond donors (Lipinski definition) is 1. The van der Waals surface area contributed by atoms with Crippen LogP contribution in [0.25, 0.3) is 0 Å². The Morgan fingerprint density at radius 3 is 2.72 bits per heavy atom. The van der Waals surface area contributed by atoms with Gasteiger partial charge in [0.05, 0.1) is 6.61 Å². The number of rotatable bonds is 6. The number of benzene rings is 1. The van der Waals surface area contributed by atoms with Crippen molar-refractivity contribution in [2.75, 3.05) is 26.3 Å². The van der Waals surface area contributed by atoms with Crippen molar-refractivity contribution in [1.82, 2.24) is 4.90 Å². The van der Waals surface area contributed by atoms with E-state index in [0.717, 1.165) is 0 Å². The molecule has 0 aliphatic rings. The minimum absolute atomic E-state index is 0.132. The standard InChI is InChI=1S/C13H18FNO2S/c1-3-15(7-8-17-4-2)13(16)10-5-6-11(14)12(18)9-10/h5-6,9,18H,3-4,7-8H2,1-2H3. The number of halogens is 1. The first-order chi connectivity index (χ1) is 8.60. The summed E-state index contributed by atoms with van der Waals surface area (Å²) in [5.41, 5.74) is 0.444. The highest BCUT2D eigenvalue weighted by atomic mass is 32.1. The smallest absolute Gasteiger partial charge is 0.253 e. The normalized spacial score (nSPS) is 10.4. The van der Waals surface area contributed by atoms with Crippen LogP contribution >= 0.6 is 12.6 Å². The van der Waals surface area contributed by atoms with Gasteiger partial charge in [0.15, 0.2) is 0 Å². The number of thiol groups is 1. The van der Waals surface area contributed by atoms with Gasteiger partial charge in [0.2, 0.25) is 0 Å². The third-order valence-corrected chi connectivity index (χ3v) is 2.91. The lowest BCUT2D eigenvalue weighted by molar-refractivity contribution is 0.0669. The van der Waals surface area contributed by atoms with E-state index in [1.807, 2.05) is 13.8 Å². The van der Waals surface area contributed by atoms with Gasteiger partial charge in [0, 0.05) is 30.2 Å². The Morgan fingerprint density at radius 2 is 2.17 bits per heavy atom. The molecule has 0 aromatic heterocycles. The molecule has 0 radical (unpaired) electrons. The molecule has 0 aliphatic heterocycles. The summed E-state index contributed by atoms with van der Waals surface area (Å²) in [6.45, 7) is 6.06. The predicted molar refractivity (Wildman–Crippen MR) is 71.7 cm³/mol. The fourth-order valence-corrected chi connectivity index (χ4v) is 1.76. The largest absolute Gasteiger partial charge is 0.380 e. The zero-order valence-corrected chi connectivity index (χ0v) is 11.5. The third kappa shape index (κ3) is 3.99. The van der Waals surface area contributed by atoms with Gasteiger partial charge in [-0.05, 0) is 32.0 Å². The molecule has 0 aliphatic carbocycles. The number of ether oxygens (including phenoxy) is 1. The molecular formula is C13H18FNO2S. The average Bonchev–Trinajstić information content (AvgIpc) is 2.37. The van der Waals surface area contributed by atoms with Gasteiger partial charge in [-0.15, -0.1) is 12.6 Å². The maximum absolute atomic E-state index is 13.1. The summed E-state index contributed by atoms with van der Waals surface area (Å²) in [5.74, 6) is -0.556. The minimum atomic E-state index is -0.424. The van der Waals surface area contributed by atoms with Crippen LogP contribution in [0, 0.1) is 5.82 Å². The molecule has 0 atom stereocenters. The van der Waals surface area contributed by atoms with Crippen LogP contribution in [0.3, 0.4) is 0 Å². The summed E-state index contributed by atoms with van der Waals surface area (Å²) in [5, 5.41) is 0. The monoisotopic (exact) mass is 271 g/mol. The number of carbonyl (C=O) groups excluding carboxylic acids is 1. The van der Waals surface area contributed by atoms with Gasteiger partial charge < -0.3 is 9.64 Å². The molecule has 3 nitrogen and oxygen atoms in total. The number of likely N-dealkylation sites (N-methyl/N-ethyl adjacent to an activating group) is 1. The van der Waals surface area contributed by atoms with Crippen LogP contribution in [-0.2, 0) is 4.74 Å². The fraction of sp³-hybridized carbons (Fsp3) is 0.462. The summed E-state index contributed by atoms with van der Waals surface area (Å²) in [4.78, 5) is 14.0. The summed E-state index contributed by atoms with van der Waals surface area (Å²) in [6.07, 6.45) is 0. The number of nitrogens with zero attached hydrogens (tertiary/aromatic N) is 1. The predicted octanol–water partition coefficient (Wildman–Crippen LogP) is 2.61. The summed E-state index contributed by atoms with van der Waals surface area (Å²) >= 11 is 3.98. The second-order valence-electron chi connectivity index (χ2n) is 3.75. The molecule has 0 N–H and O–H groups in total. The molecule has 100 valence electrons. The van der Waals surface area contributed by atoms with E-state index in [1.165, 1.54) is 18.2 Å². The quantitative estimate of drug-likeness (QED) is 0.636. The van der Waals surface area contributed by atoms with E-state index in [1.54, 1.807) is 4.90 Å². The molecule has 5 heteroatoms. The number of carbonyl (C=O) groups is 1. The van der Waals surface area contributed by atoms with E-state index in [9.17, 15) is 9.18 Å². The Labute approximate surface area is 112 Å². The first-order valence-corrected chi connectivity index (χ1v) is 6.40. The van der Waals surface area contributed by atoms with Gasteiger partial charge in [-0.25, -0.2) is 4.39 Å². The van der Waals surface area contributed by atoms with Crippen LogP contribution < -0.4 is 0 Å². The van der Waals surface area contributed by atoms with Gasteiger partial charge in [0.25, 0.3) is 5.91 Å². The van der Waals surface area contributed by atoms with Gasteiger partial charge in [-0.2, -0.15) is 0 Å². The molecule has 0 bridgehead atoms. The summed E-state index contributed by atoms with van der Waals surface area (Å²) in [7, 11) is 0. The summed E-state index contributed by atoms with van der Waals surface area (Å²) in [6, 6.07) is 4.18. The van der Waals surface area contributed by atoms with Gasteiger partial charge >= 0.3 is 0 Å². The van der Waals surface area contributed by atoms with Gasteiger partial charge in [0.1, 0.15) is 5.82 Å². The Kier molecular flexibility index (Phi) is 6.15. The maximum atomic E-state index is 13.1. The molecule has 18 heavy (non-hydrogen) atoms. The fourth-order valence-electron chi connectivity index (χ4n) is 1.55. The highest BCUT2D eigenvalue weighted by molar-refractivity contribution is 7.80. The second kappa shape index (κ2) is 7.38. The second-order valence-corrected chi connectivity index (χ2v) is 4.23. The molecule has 1 aromatic rings. The Hall–Kier alpha value is -1.07. The highest BCUT2D eigenvalue weighted by Crippen LogP contribution is 2.15. The van der Waals surface area contributed by atoms with Crippen molar-refractivity contribution >= 4 is 18.5 Å². The van der Waals surface area contributed by atoms with Gasteiger partial charge in [-0.3, -0.25) is 4.79 Å². The van der Waals surface area contributed by atoms with Crippen molar-refractivity contribution in [1.29, 1.82) is 0 Å². The molecule has 0 spiro atoms. The number of amides is 1. The molecular weight excluding hydrogens is 253 g/mol. The van der Waals surface area contributed by atoms with E-state index in [2.05, 4.69) is 12.6 Å². The first-order valence-electron chi connectivity index (χ1n) is 5.95. The van der Waals surface area contributed by atoms with E-state index >= 15 is 0 Å².